The van der Waals surface area contributed by atoms with E-state index in [1.54, 1.807) is 24.3 Å². The summed E-state index contributed by atoms with van der Waals surface area (Å²) in [4.78, 5) is 29.6. The fourth-order valence-electron chi connectivity index (χ4n) is 5.39. The number of carbonyl (C=O) groups excluding carboxylic acids is 2. The van der Waals surface area contributed by atoms with Crippen molar-refractivity contribution in [3.8, 4) is 0 Å². The highest BCUT2D eigenvalue weighted by Gasteiger charge is 2.43. The monoisotopic (exact) mass is 483 g/mol. The molecule has 7 nitrogen and oxygen atoms in total. The summed E-state index contributed by atoms with van der Waals surface area (Å²) in [7, 11) is 0. The standard InChI is InChI=1S/C26H30ClN3O4/c27-20-9-7-18(8-10-20)24(25(33)30-13-3-6-22(30)31)28-16-23(32)29-14-11-26(12-15-29)21-5-2-1-4-19(21)17-34-26/h1-2,4-5,7-10,22,24,28,31H,3,6,11-17H2/t22?,24-/m1/s1. The number of carbonyl (C=O) groups is 2. The van der Waals surface area contributed by atoms with Crippen LogP contribution in [0.1, 0.15) is 48.4 Å². The van der Waals surface area contributed by atoms with Crippen LogP contribution >= 0.6 is 11.6 Å². The van der Waals surface area contributed by atoms with Crippen LogP contribution in [0.3, 0.4) is 0 Å². The van der Waals surface area contributed by atoms with Gasteiger partial charge in [-0.3, -0.25) is 14.9 Å². The van der Waals surface area contributed by atoms with Crippen molar-refractivity contribution in [2.75, 3.05) is 26.2 Å². The molecule has 2 saturated heterocycles. The third-order valence-corrected chi connectivity index (χ3v) is 7.60. The average molecular weight is 484 g/mol. The van der Waals surface area contributed by atoms with Crippen LogP contribution in [0, 0.1) is 0 Å². The minimum Gasteiger partial charge on any atom is -0.374 e. The van der Waals surface area contributed by atoms with E-state index < -0.39 is 12.3 Å². The lowest BCUT2D eigenvalue weighted by Crippen LogP contribution is -2.49. The van der Waals surface area contributed by atoms with Crippen LogP contribution in [-0.4, -0.2) is 59.1 Å². The summed E-state index contributed by atoms with van der Waals surface area (Å²) in [5.74, 6) is -0.274. The number of piperidine rings is 1. The summed E-state index contributed by atoms with van der Waals surface area (Å²) in [5.41, 5.74) is 2.90. The summed E-state index contributed by atoms with van der Waals surface area (Å²) in [6.45, 7) is 2.39. The number of halogens is 1. The lowest BCUT2D eigenvalue weighted by atomic mass is 9.84. The van der Waals surface area contributed by atoms with Crippen molar-refractivity contribution in [3.05, 3.63) is 70.2 Å². The molecule has 1 unspecified atom stereocenters. The van der Waals surface area contributed by atoms with Crippen molar-refractivity contribution >= 4 is 23.4 Å². The molecule has 0 bridgehead atoms. The first-order valence-electron chi connectivity index (χ1n) is 11.9. The zero-order chi connectivity index (χ0) is 23.7. The number of rotatable bonds is 5. The van der Waals surface area contributed by atoms with Crippen molar-refractivity contribution in [1.82, 2.24) is 15.1 Å². The summed E-state index contributed by atoms with van der Waals surface area (Å²) in [6.07, 6.45) is 2.07. The Balaban J connectivity index is 1.23. The van der Waals surface area contributed by atoms with Gasteiger partial charge in [-0.15, -0.1) is 0 Å². The molecule has 3 heterocycles. The number of aliphatic hydroxyl groups excluding tert-OH is 1. The molecule has 2 aromatic carbocycles. The second-order valence-corrected chi connectivity index (χ2v) is 9.78. The molecule has 2 fully saturated rings. The van der Waals surface area contributed by atoms with Gasteiger partial charge in [0.05, 0.1) is 18.8 Å². The maximum Gasteiger partial charge on any atom is 0.246 e. The molecular formula is C26H30ClN3O4. The summed E-state index contributed by atoms with van der Waals surface area (Å²) >= 11 is 6.03. The van der Waals surface area contributed by atoms with Gasteiger partial charge < -0.3 is 19.6 Å². The average Bonchev–Trinajstić information content (AvgIpc) is 3.44. The molecule has 2 aromatic rings. The molecule has 8 heteroatoms. The molecule has 2 amide bonds. The predicted molar refractivity (Wildman–Crippen MR) is 128 cm³/mol. The zero-order valence-corrected chi connectivity index (χ0v) is 19.8. The Hall–Kier alpha value is -2.45. The Morgan fingerprint density at radius 1 is 1.12 bits per heavy atom. The normalized spacial score (nSPS) is 22.1. The second kappa shape index (κ2) is 9.66. The van der Waals surface area contributed by atoms with Gasteiger partial charge in [-0.05, 0) is 54.5 Å². The topological polar surface area (TPSA) is 82.1 Å². The van der Waals surface area contributed by atoms with E-state index >= 15 is 0 Å². The van der Waals surface area contributed by atoms with Crippen LogP contribution in [-0.2, 0) is 26.5 Å². The third kappa shape index (κ3) is 4.45. The van der Waals surface area contributed by atoms with Gasteiger partial charge in [-0.2, -0.15) is 0 Å². The minimum absolute atomic E-state index is 0.0351. The van der Waals surface area contributed by atoms with E-state index in [9.17, 15) is 14.7 Å². The van der Waals surface area contributed by atoms with Crippen LogP contribution in [0.5, 0.6) is 0 Å². The number of nitrogens with one attached hydrogen (secondary N) is 1. The second-order valence-electron chi connectivity index (χ2n) is 9.34. The van der Waals surface area contributed by atoms with E-state index in [-0.39, 0.29) is 24.0 Å². The number of fused-ring (bicyclic) bond motifs is 2. The van der Waals surface area contributed by atoms with E-state index in [2.05, 4.69) is 17.4 Å². The summed E-state index contributed by atoms with van der Waals surface area (Å²) in [5, 5.41) is 14.0. The van der Waals surface area contributed by atoms with E-state index in [1.165, 1.54) is 16.0 Å². The number of amides is 2. The molecule has 3 aliphatic rings. The number of benzene rings is 2. The van der Waals surface area contributed by atoms with Crippen molar-refractivity contribution in [2.45, 2.75) is 50.2 Å². The Kier molecular flexibility index (Phi) is 6.62. The summed E-state index contributed by atoms with van der Waals surface area (Å²) in [6, 6.07) is 14.6. The Bertz CT molecular complexity index is 1050. The highest BCUT2D eigenvalue weighted by Crippen LogP contribution is 2.43. The molecule has 2 atom stereocenters. The van der Waals surface area contributed by atoms with Gasteiger partial charge in [0.25, 0.3) is 0 Å². The van der Waals surface area contributed by atoms with Gasteiger partial charge in [0.15, 0.2) is 0 Å². The van der Waals surface area contributed by atoms with Crippen LogP contribution in [0.25, 0.3) is 0 Å². The number of likely N-dealkylation sites (tertiary alicyclic amines) is 2. The number of hydrogen-bond donors (Lipinski definition) is 2. The molecule has 3 aliphatic heterocycles. The first kappa shape index (κ1) is 23.3. The lowest BCUT2D eigenvalue weighted by Gasteiger charge is -2.39. The smallest absolute Gasteiger partial charge is 0.246 e. The van der Waals surface area contributed by atoms with Gasteiger partial charge >= 0.3 is 0 Å². The molecule has 1 spiro atoms. The highest BCUT2D eigenvalue weighted by atomic mass is 35.5. The molecule has 5 rings (SSSR count). The van der Waals surface area contributed by atoms with Gasteiger partial charge in [0, 0.05) is 24.7 Å². The highest BCUT2D eigenvalue weighted by molar-refractivity contribution is 6.30. The van der Waals surface area contributed by atoms with Crippen molar-refractivity contribution in [2.24, 2.45) is 0 Å². The molecule has 2 N–H and O–H groups in total. The van der Waals surface area contributed by atoms with Gasteiger partial charge in [0.1, 0.15) is 12.3 Å². The Morgan fingerprint density at radius 3 is 2.56 bits per heavy atom. The molecule has 0 aliphatic carbocycles. The lowest BCUT2D eigenvalue weighted by molar-refractivity contribution is -0.141. The molecule has 0 aromatic heterocycles. The molecule has 34 heavy (non-hydrogen) atoms. The number of ether oxygens (including phenoxy) is 1. The van der Waals surface area contributed by atoms with Crippen molar-refractivity contribution in [3.63, 3.8) is 0 Å². The molecule has 180 valence electrons. The van der Waals surface area contributed by atoms with Crippen LogP contribution in [0.2, 0.25) is 5.02 Å². The molecule has 0 saturated carbocycles. The predicted octanol–water partition coefficient (Wildman–Crippen LogP) is 2.96. The number of aliphatic hydroxyl groups is 1. The largest absolute Gasteiger partial charge is 0.374 e. The minimum atomic E-state index is -0.785. The third-order valence-electron chi connectivity index (χ3n) is 7.35. The zero-order valence-electron chi connectivity index (χ0n) is 19.1. The Labute approximate surface area is 204 Å². The number of hydrogen-bond acceptors (Lipinski definition) is 5. The molecular weight excluding hydrogens is 454 g/mol. The van der Waals surface area contributed by atoms with Crippen LogP contribution < -0.4 is 5.32 Å². The van der Waals surface area contributed by atoms with Crippen molar-refractivity contribution in [1.29, 1.82) is 0 Å². The Morgan fingerprint density at radius 2 is 1.85 bits per heavy atom. The van der Waals surface area contributed by atoms with Crippen LogP contribution in [0.15, 0.2) is 48.5 Å². The fourth-order valence-corrected chi connectivity index (χ4v) is 5.52. The fraction of sp³-hybridized carbons (Fsp3) is 0.462. The maximum atomic E-state index is 13.2. The summed E-state index contributed by atoms with van der Waals surface area (Å²) < 4.78 is 6.21. The number of nitrogens with zero attached hydrogens (tertiary/aromatic N) is 2. The van der Waals surface area contributed by atoms with Gasteiger partial charge in [-0.1, -0.05) is 48.0 Å². The van der Waals surface area contributed by atoms with Gasteiger partial charge in [-0.25, -0.2) is 0 Å². The van der Waals surface area contributed by atoms with Gasteiger partial charge in [0.2, 0.25) is 11.8 Å². The van der Waals surface area contributed by atoms with Crippen LogP contribution in [0.4, 0.5) is 0 Å². The maximum absolute atomic E-state index is 13.2. The van der Waals surface area contributed by atoms with Crippen molar-refractivity contribution < 1.29 is 19.4 Å². The van der Waals surface area contributed by atoms with E-state index in [0.29, 0.717) is 37.7 Å². The molecule has 0 radical (unpaired) electrons. The first-order valence-corrected chi connectivity index (χ1v) is 12.3. The van der Waals surface area contributed by atoms with E-state index in [4.69, 9.17) is 16.3 Å². The van der Waals surface area contributed by atoms with E-state index in [1.807, 2.05) is 17.0 Å². The first-order chi connectivity index (χ1) is 16.5. The SMILES string of the molecule is O=C(CN[C@@H](C(=O)N1CCCC1O)c1ccc(Cl)cc1)N1CCC2(CC1)OCc1ccccc12. The van der Waals surface area contributed by atoms with E-state index in [0.717, 1.165) is 24.8 Å². The quantitative estimate of drug-likeness (QED) is 0.683.